The zero-order valence-electron chi connectivity index (χ0n) is 22.9. The number of halogens is 2. The molecule has 0 unspecified atom stereocenters. The van der Waals surface area contributed by atoms with E-state index in [9.17, 15) is 14.4 Å². The predicted molar refractivity (Wildman–Crippen MR) is 180 cm³/mol. The van der Waals surface area contributed by atoms with E-state index in [1.807, 2.05) is 23.6 Å². The number of nitrogens with one attached hydrogen (secondary N) is 3. The van der Waals surface area contributed by atoms with Crippen LogP contribution in [0, 0.1) is 0 Å². The molecular formula is C33H24Cl2N4O3S2. The normalized spacial score (nSPS) is 11.1. The van der Waals surface area contributed by atoms with Crippen molar-refractivity contribution >= 4 is 80.9 Å². The van der Waals surface area contributed by atoms with Crippen molar-refractivity contribution in [2.45, 2.75) is 4.90 Å². The van der Waals surface area contributed by atoms with E-state index >= 15 is 0 Å². The Morgan fingerprint density at radius 2 is 1.59 bits per heavy atom. The van der Waals surface area contributed by atoms with E-state index < -0.39 is 11.8 Å². The third-order valence-electron chi connectivity index (χ3n) is 6.07. The van der Waals surface area contributed by atoms with Crippen molar-refractivity contribution in [1.82, 2.24) is 10.3 Å². The topological polar surface area (TPSA) is 100 Å². The molecule has 0 aliphatic carbocycles. The molecule has 0 saturated carbocycles. The van der Waals surface area contributed by atoms with Crippen molar-refractivity contribution in [2.75, 3.05) is 16.4 Å². The number of aromatic nitrogens is 1. The molecule has 11 heteroatoms. The highest BCUT2D eigenvalue weighted by molar-refractivity contribution is 8.00. The van der Waals surface area contributed by atoms with Crippen molar-refractivity contribution in [3.63, 3.8) is 0 Å². The summed E-state index contributed by atoms with van der Waals surface area (Å²) < 4.78 is 0. The van der Waals surface area contributed by atoms with E-state index in [1.165, 1.54) is 23.1 Å². The van der Waals surface area contributed by atoms with Crippen molar-refractivity contribution in [2.24, 2.45) is 0 Å². The Hall–Kier alpha value is -4.41. The number of hydrogen-bond donors (Lipinski definition) is 3. The number of rotatable bonds is 10. The predicted octanol–water partition coefficient (Wildman–Crippen LogP) is 8.26. The number of thiazole rings is 1. The van der Waals surface area contributed by atoms with Gasteiger partial charge in [-0.2, -0.15) is 0 Å². The summed E-state index contributed by atoms with van der Waals surface area (Å²) in [6.45, 7) is 0. The summed E-state index contributed by atoms with van der Waals surface area (Å²) in [5.74, 6) is -0.951. The first-order chi connectivity index (χ1) is 21.3. The number of hydrogen-bond acceptors (Lipinski definition) is 6. The molecule has 0 fully saturated rings. The summed E-state index contributed by atoms with van der Waals surface area (Å²) in [6.07, 6.45) is 1.56. The van der Waals surface area contributed by atoms with Gasteiger partial charge in [-0.05, 0) is 66.2 Å². The zero-order chi connectivity index (χ0) is 30.9. The third-order valence-corrected chi connectivity index (χ3v) is 8.41. The number of thioether (sulfide) groups is 1. The summed E-state index contributed by atoms with van der Waals surface area (Å²) in [6, 6.07) is 30.0. The second-order valence-electron chi connectivity index (χ2n) is 9.27. The lowest BCUT2D eigenvalue weighted by molar-refractivity contribution is -0.114. The Labute approximate surface area is 272 Å². The Bertz CT molecular complexity index is 1830. The minimum absolute atomic E-state index is 0.0520. The van der Waals surface area contributed by atoms with Gasteiger partial charge in [-0.15, -0.1) is 23.1 Å². The highest BCUT2D eigenvalue weighted by atomic mass is 35.5. The monoisotopic (exact) mass is 658 g/mol. The van der Waals surface area contributed by atoms with Crippen LogP contribution in [0.3, 0.4) is 0 Å². The van der Waals surface area contributed by atoms with E-state index in [1.54, 1.807) is 91.0 Å². The molecule has 3 amide bonds. The molecule has 0 aliphatic rings. The van der Waals surface area contributed by atoms with Crippen LogP contribution < -0.4 is 16.0 Å². The fourth-order valence-electron chi connectivity index (χ4n) is 3.97. The minimum atomic E-state index is -0.506. The summed E-state index contributed by atoms with van der Waals surface area (Å²) in [5.41, 5.74) is 3.14. The van der Waals surface area contributed by atoms with E-state index in [4.69, 9.17) is 23.2 Å². The lowest BCUT2D eigenvalue weighted by Gasteiger charge is -2.12. The van der Waals surface area contributed by atoms with Crippen molar-refractivity contribution < 1.29 is 14.4 Å². The van der Waals surface area contributed by atoms with E-state index in [0.717, 1.165) is 10.5 Å². The molecule has 3 N–H and O–H groups in total. The van der Waals surface area contributed by atoms with Crippen molar-refractivity contribution in [3.8, 4) is 11.3 Å². The molecule has 220 valence electrons. The van der Waals surface area contributed by atoms with Crippen molar-refractivity contribution in [1.29, 1.82) is 0 Å². The van der Waals surface area contributed by atoms with Gasteiger partial charge < -0.3 is 16.0 Å². The molecular weight excluding hydrogens is 635 g/mol. The lowest BCUT2D eigenvalue weighted by Crippen LogP contribution is -2.30. The summed E-state index contributed by atoms with van der Waals surface area (Å²) >= 11 is 15.0. The highest BCUT2D eigenvalue weighted by Crippen LogP contribution is 2.30. The van der Waals surface area contributed by atoms with Crippen LogP contribution in [0.2, 0.25) is 10.0 Å². The fraction of sp³-hybridized carbons (Fsp3) is 0.0303. The fourth-order valence-corrected chi connectivity index (χ4v) is 5.82. The van der Waals surface area contributed by atoms with Gasteiger partial charge in [0.1, 0.15) is 5.70 Å². The Morgan fingerprint density at radius 3 is 2.34 bits per heavy atom. The first-order valence-electron chi connectivity index (χ1n) is 13.2. The number of amides is 3. The molecule has 0 bridgehead atoms. The Balaban J connectivity index is 1.19. The van der Waals surface area contributed by atoms with Gasteiger partial charge in [0.2, 0.25) is 5.91 Å². The molecule has 44 heavy (non-hydrogen) atoms. The van der Waals surface area contributed by atoms with Gasteiger partial charge in [-0.25, -0.2) is 4.98 Å². The van der Waals surface area contributed by atoms with Gasteiger partial charge in [-0.3, -0.25) is 14.4 Å². The number of carbonyl (C=O) groups is 3. The second kappa shape index (κ2) is 14.9. The van der Waals surface area contributed by atoms with Crippen LogP contribution in [0.5, 0.6) is 0 Å². The largest absolute Gasteiger partial charge is 0.321 e. The van der Waals surface area contributed by atoms with E-state index in [2.05, 4.69) is 20.9 Å². The quantitative estimate of drug-likeness (QED) is 0.104. The van der Waals surface area contributed by atoms with E-state index in [-0.39, 0.29) is 17.4 Å². The van der Waals surface area contributed by atoms with Crippen LogP contribution in [0.4, 0.5) is 10.8 Å². The standard InChI is InChI=1S/C33H24Cl2N4O3S2/c34-23-10-6-7-21(17-23)18-28(37-31(41)22-8-2-1-3-9-22)32(42)36-24-13-15-25(16-14-24)43-20-30(40)39-33-38-29(19-44-33)26-11-4-5-12-27(26)35/h1-19H,20H2,(H,36,42)(H,37,41)(H,38,39,40)/b28-18-. The molecule has 4 aromatic carbocycles. The van der Waals surface area contributed by atoms with Gasteiger partial charge in [0, 0.05) is 37.1 Å². The van der Waals surface area contributed by atoms with Gasteiger partial charge in [-0.1, -0.05) is 71.7 Å². The number of carbonyl (C=O) groups excluding carboxylic acids is 3. The van der Waals surface area contributed by atoms with E-state index in [0.29, 0.717) is 37.7 Å². The van der Waals surface area contributed by atoms with Gasteiger partial charge >= 0.3 is 0 Å². The Kier molecular flexibility index (Phi) is 10.5. The molecule has 1 heterocycles. The van der Waals surface area contributed by atoms with Gasteiger partial charge in [0.15, 0.2) is 5.13 Å². The molecule has 0 aliphatic heterocycles. The first-order valence-corrected chi connectivity index (χ1v) is 15.8. The summed E-state index contributed by atoms with van der Waals surface area (Å²) in [5, 5.41) is 11.8. The third kappa shape index (κ3) is 8.58. The molecule has 0 radical (unpaired) electrons. The van der Waals surface area contributed by atoms with Crippen molar-refractivity contribution in [3.05, 3.63) is 135 Å². The minimum Gasteiger partial charge on any atom is -0.321 e. The smallest absolute Gasteiger partial charge is 0.272 e. The number of anilines is 2. The number of benzene rings is 4. The van der Waals surface area contributed by atoms with Gasteiger partial charge in [0.25, 0.3) is 11.8 Å². The average molecular weight is 660 g/mol. The Morgan fingerprint density at radius 1 is 0.841 bits per heavy atom. The molecule has 5 aromatic rings. The SMILES string of the molecule is O=C(CSc1ccc(NC(=O)/C(=C/c2cccc(Cl)c2)NC(=O)c2ccccc2)cc1)Nc1nc(-c2ccccc2Cl)cs1. The maximum absolute atomic E-state index is 13.3. The molecule has 1 aromatic heterocycles. The van der Waals surface area contributed by atoms with Crippen LogP contribution >= 0.6 is 46.3 Å². The molecule has 0 atom stereocenters. The lowest BCUT2D eigenvalue weighted by atomic mass is 10.1. The van der Waals surface area contributed by atoms with Gasteiger partial charge in [0.05, 0.1) is 11.4 Å². The molecule has 0 spiro atoms. The van der Waals surface area contributed by atoms with Crippen LogP contribution in [-0.2, 0) is 9.59 Å². The zero-order valence-corrected chi connectivity index (χ0v) is 26.1. The molecule has 7 nitrogen and oxygen atoms in total. The summed E-state index contributed by atoms with van der Waals surface area (Å²) in [7, 11) is 0. The first kappa shape index (κ1) is 31.0. The summed E-state index contributed by atoms with van der Waals surface area (Å²) in [4.78, 5) is 43.9. The van der Waals surface area contributed by atoms with Crippen LogP contribution in [0.15, 0.2) is 119 Å². The second-order valence-corrected chi connectivity index (χ2v) is 12.0. The highest BCUT2D eigenvalue weighted by Gasteiger charge is 2.16. The maximum Gasteiger partial charge on any atom is 0.272 e. The molecule has 0 saturated heterocycles. The van der Waals surface area contributed by atoms with Crippen LogP contribution in [-0.4, -0.2) is 28.5 Å². The maximum atomic E-state index is 13.3. The number of nitrogens with zero attached hydrogens (tertiary/aromatic N) is 1. The van der Waals surface area contributed by atoms with Crippen LogP contribution in [0.25, 0.3) is 17.3 Å². The average Bonchev–Trinajstić information content (AvgIpc) is 3.49. The van der Waals surface area contributed by atoms with Crippen LogP contribution in [0.1, 0.15) is 15.9 Å². The molecule has 5 rings (SSSR count).